The first-order valence-corrected chi connectivity index (χ1v) is 10.4. The number of halogens is 1. The Bertz CT molecular complexity index is 932. The number of hydrogen-bond acceptors (Lipinski definition) is 5. The predicted molar refractivity (Wildman–Crippen MR) is 116 cm³/mol. The Morgan fingerprint density at radius 3 is 2.39 bits per heavy atom. The van der Waals surface area contributed by atoms with Gasteiger partial charge in [0.2, 0.25) is 0 Å². The third-order valence-corrected chi connectivity index (χ3v) is 5.66. The molecule has 2 aromatic carbocycles. The molecule has 0 spiro atoms. The number of carbonyl (C=O) groups excluding carboxylic acids is 2. The highest BCUT2D eigenvalue weighted by molar-refractivity contribution is 5.94. The molecule has 0 aromatic heterocycles. The number of ether oxygens (including phenoxy) is 2. The molecule has 1 aliphatic rings. The van der Waals surface area contributed by atoms with E-state index >= 15 is 0 Å². The van der Waals surface area contributed by atoms with Crippen LogP contribution in [0.1, 0.15) is 36.7 Å². The first-order chi connectivity index (χ1) is 14.8. The molecule has 0 N–H and O–H groups in total. The van der Waals surface area contributed by atoms with Gasteiger partial charge in [0.15, 0.2) is 23.9 Å². The Morgan fingerprint density at radius 2 is 1.74 bits per heavy atom. The van der Waals surface area contributed by atoms with Crippen molar-refractivity contribution in [3.63, 3.8) is 0 Å². The van der Waals surface area contributed by atoms with Crippen molar-refractivity contribution in [3.05, 3.63) is 59.4 Å². The first kappa shape index (κ1) is 22.7. The molecule has 0 bridgehead atoms. The molecule has 7 heteroatoms. The molecule has 1 saturated heterocycles. The van der Waals surface area contributed by atoms with Gasteiger partial charge in [-0.2, -0.15) is 0 Å². The number of methoxy groups -OCH3 is 1. The molecule has 2 aromatic rings. The summed E-state index contributed by atoms with van der Waals surface area (Å²) in [5.74, 6) is 0.441. The number of hydrogen-bond donors (Lipinski definition) is 0. The Balaban J connectivity index is 1.59. The fraction of sp³-hybridized carbons (Fsp3) is 0.417. The number of amides is 1. The van der Waals surface area contributed by atoms with Gasteiger partial charge in [-0.25, -0.2) is 4.39 Å². The molecule has 0 aliphatic carbocycles. The van der Waals surface area contributed by atoms with Crippen molar-refractivity contribution in [2.24, 2.45) is 0 Å². The van der Waals surface area contributed by atoms with Crippen LogP contribution in [0.15, 0.2) is 42.5 Å². The lowest BCUT2D eigenvalue weighted by molar-refractivity contribution is -0.139. The van der Waals surface area contributed by atoms with E-state index in [0.29, 0.717) is 30.2 Å². The van der Waals surface area contributed by atoms with Crippen LogP contribution >= 0.6 is 0 Å². The highest BCUT2D eigenvalue weighted by Crippen LogP contribution is 2.28. The van der Waals surface area contributed by atoms with Crippen LogP contribution in [0.25, 0.3) is 0 Å². The molecule has 1 aliphatic heterocycles. The van der Waals surface area contributed by atoms with Gasteiger partial charge < -0.3 is 14.4 Å². The zero-order valence-electron chi connectivity index (χ0n) is 18.4. The van der Waals surface area contributed by atoms with E-state index in [2.05, 4.69) is 11.8 Å². The summed E-state index contributed by atoms with van der Waals surface area (Å²) in [6.45, 7) is 7.50. The maximum atomic E-state index is 13.1. The molecule has 0 saturated carbocycles. The van der Waals surface area contributed by atoms with Crippen LogP contribution in [0.3, 0.4) is 0 Å². The van der Waals surface area contributed by atoms with Crippen molar-refractivity contribution >= 4 is 11.7 Å². The van der Waals surface area contributed by atoms with Crippen molar-refractivity contribution < 1.29 is 23.5 Å². The van der Waals surface area contributed by atoms with Crippen LogP contribution in [0.5, 0.6) is 11.5 Å². The van der Waals surface area contributed by atoms with E-state index in [1.54, 1.807) is 30.3 Å². The van der Waals surface area contributed by atoms with Crippen LogP contribution in [-0.4, -0.2) is 60.4 Å². The maximum absolute atomic E-state index is 13.1. The first-order valence-electron chi connectivity index (χ1n) is 10.4. The number of carbonyl (C=O) groups is 2. The van der Waals surface area contributed by atoms with Gasteiger partial charge in [-0.05, 0) is 56.7 Å². The van der Waals surface area contributed by atoms with E-state index in [1.807, 2.05) is 11.8 Å². The van der Waals surface area contributed by atoms with E-state index < -0.39 is 0 Å². The lowest BCUT2D eigenvalue weighted by atomic mass is 10.1. The van der Waals surface area contributed by atoms with Gasteiger partial charge >= 0.3 is 0 Å². The van der Waals surface area contributed by atoms with E-state index in [4.69, 9.17) is 9.47 Å². The van der Waals surface area contributed by atoms with Crippen molar-refractivity contribution in [2.75, 3.05) is 26.8 Å². The van der Waals surface area contributed by atoms with Crippen LogP contribution in [0, 0.1) is 5.82 Å². The van der Waals surface area contributed by atoms with E-state index in [-0.39, 0.29) is 36.2 Å². The van der Waals surface area contributed by atoms with Crippen molar-refractivity contribution in [2.45, 2.75) is 39.4 Å². The summed E-state index contributed by atoms with van der Waals surface area (Å²) in [4.78, 5) is 28.5. The van der Waals surface area contributed by atoms with Crippen molar-refractivity contribution in [1.29, 1.82) is 0 Å². The van der Waals surface area contributed by atoms with Crippen molar-refractivity contribution in [3.8, 4) is 11.5 Å². The summed E-state index contributed by atoms with van der Waals surface area (Å²) >= 11 is 0. The van der Waals surface area contributed by atoms with E-state index in [1.165, 1.54) is 26.2 Å². The SMILES string of the molecule is COc1cc(C(C)=O)ccc1OCC(=O)N1C[C@H](C)N(Cc2ccc(F)cc2)C[C@H]1C. The predicted octanol–water partition coefficient (Wildman–Crippen LogP) is 3.54. The fourth-order valence-electron chi connectivity index (χ4n) is 3.82. The average Bonchev–Trinajstić information content (AvgIpc) is 2.75. The molecule has 1 amide bonds. The van der Waals surface area contributed by atoms with Gasteiger partial charge in [0.25, 0.3) is 5.91 Å². The molecule has 0 unspecified atom stereocenters. The monoisotopic (exact) mass is 428 g/mol. The van der Waals surface area contributed by atoms with Gasteiger partial charge in [0.1, 0.15) is 5.82 Å². The van der Waals surface area contributed by atoms with Gasteiger partial charge in [0, 0.05) is 37.3 Å². The van der Waals surface area contributed by atoms with Crippen LogP contribution in [-0.2, 0) is 11.3 Å². The molecule has 31 heavy (non-hydrogen) atoms. The van der Waals surface area contributed by atoms with Crippen LogP contribution < -0.4 is 9.47 Å². The maximum Gasteiger partial charge on any atom is 0.260 e. The van der Waals surface area contributed by atoms with Gasteiger partial charge in [-0.15, -0.1) is 0 Å². The number of Topliss-reactive ketones (excluding diaryl/α,β-unsaturated/α-hetero) is 1. The van der Waals surface area contributed by atoms with Crippen LogP contribution in [0.4, 0.5) is 4.39 Å². The third kappa shape index (κ3) is 5.61. The molecular weight excluding hydrogens is 399 g/mol. The van der Waals surface area contributed by atoms with Gasteiger partial charge in [0.05, 0.1) is 7.11 Å². The summed E-state index contributed by atoms with van der Waals surface area (Å²) in [5, 5.41) is 0. The highest BCUT2D eigenvalue weighted by Gasteiger charge is 2.32. The normalized spacial score (nSPS) is 19.2. The Hall–Kier alpha value is -2.93. The minimum Gasteiger partial charge on any atom is -0.493 e. The second-order valence-corrected chi connectivity index (χ2v) is 8.01. The second-order valence-electron chi connectivity index (χ2n) is 8.01. The highest BCUT2D eigenvalue weighted by atomic mass is 19.1. The third-order valence-electron chi connectivity index (χ3n) is 5.66. The average molecular weight is 429 g/mol. The zero-order valence-corrected chi connectivity index (χ0v) is 18.4. The van der Waals surface area contributed by atoms with Gasteiger partial charge in [-0.3, -0.25) is 14.5 Å². The summed E-state index contributed by atoms with van der Waals surface area (Å²) in [6.07, 6.45) is 0. The van der Waals surface area contributed by atoms with E-state index in [9.17, 15) is 14.0 Å². The molecule has 1 fully saturated rings. The number of piperazine rings is 1. The Kier molecular flexibility index (Phi) is 7.28. The van der Waals surface area contributed by atoms with E-state index in [0.717, 1.165) is 12.1 Å². The fourth-order valence-corrected chi connectivity index (χ4v) is 3.82. The number of ketones is 1. The largest absolute Gasteiger partial charge is 0.493 e. The minimum absolute atomic E-state index is 0.0229. The van der Waals surface area contributed by atoms with Gasteiger partial charge in [-0.1, -0.05) is 12.1 Å². The number of benzene rings is 2. The molecule has 1 heterocycles. The standard InChI is InChI=1S/C24H29FN2O4/c1-16-13-27(17(2)12-26(16)14-19-5-8-21(25)9-6-19)24(29)15-31-22-10-7-20(18(3)28)11-23(22)30-4/h5-11,16-17H,12-15H2,1-4H3/t16-,17+/m0/s1. The lowest BCUT2D eigenvalue weighted by Crippen LogP contribution is -2.58. The number of rotatable bonds is 7. The molecular formula is C24H29FN2O4. The zero-order chi connectivity index (χ0) is 22.5. The minimum atomic E-state index is -0.242. The molecule has 6 nitrogen and oxygen atoms in total. The molecule has 2 atom stereocenters. The summed E-state index contributed by atoms with van der Waals surface area (Å²) < 4.78 is 24.2. The Morgan fingerprint density at radius 1 is 1.03 bits per heavy atom. The lowest BCUT2D eigenvalue weighted by Gasteiger charge is -2.44. The quantitative estimate of drug-likeness (QED) is 0.632. The summed E-state index contributed by atoms with van der Waals surface area (Å²) in [5.41, 5.74) is 1.57. The molecule has 0 radical (unpaired) electrons. The second kappa shape index (κ2) is 9.92. The summed E-state index contributed by atoms with van der Waals surface area (Å²) in [6, 6.07) is 11.6. The summed E-state index contributed by atoms with van der Waals surface area (Å²) in [7, 11) is 1.50. The topological polar surface area (TPSA) is 59.1 Å². The smallest absolute Gasteiger partial charge is 0.260 e. The molecule has 166 valence electrons. The number of nitrogens with zero attached hydrogens (tertiary/aromatic N) is 2. The molecule has 3 rings (SSSR count). The Labute approximate surface area is 182 Å². The van der Waals surface area contributed by atoms with Crippen molar-refractivity contribution in [1.82, 2.24) is 9.80 Å². The van der Waals surface area contributed by atoms with Crippen LogP contribution in [0.2, 0.25) is 0 Å².